The normalized spacial score (nSPS) is 19.0. The molecular weight excluding hydrogens is 202 g/mol. The van der Waals surface area contributed by atoms with Crippen molar-refractivity contribution in [2.75, 3.05) is 40.0 Å². The van der Waals surface area contributed by atoms with Crippen LogP contribution in [0.25, 0.3) is 0 Å². The highest BCUT2D eigenvalue weighted by molar-refractivity contribution is 5.04. The van der Waals surface area contributed by atoms with Gasteiger partial charge in [0.05, 0.1) is 6.61 Å². The summed E-state index contributed by atoms with van der Waals surface area (Å²) in [5.41, 5.74) is 1.54. The van der Waals surface area contributed by atoms with Crippen molar-refractivity contribution in [3.63, 3.8) is 0 Å². The lowest BCUT2D eigenvalue weighted by Gasteiger charge is -2.22. The first-order chi connectivity index (χ1) is 7.84. The topological polar surface area (TPSA) is 30.5 Å². The summed E-state index contributed by atoms with van der Waals surface area (Å²) in [6, 6.07) is 0. The van der Waals surface area contributed by atoms with Crippen LogP contribution in [0.2, 0.25) is 0 Å². The molecule has 0 radical (unpaired) electrons. The molecule has 0 amide bonds. The molecule has 94 valence electrons. The van der Waals surface area contributed by atoms with Crippen LogP contribution in [0.4, 0.5) is 0 Å². The molecule has 1 aliphatic heterocycles. The van der Waals surface area contributed by atoms with Gasteiger partial charge in [0, 0.05) is 26.9 Å². The molecule has 0 aromatic heterocycles. The molecule has 0 saturated carbocycles. The average Bonchev–Trinajstić information content (AvgIpc) is 2.34. The predicted molar refractivity (Wildman–Crippen MR) is 66.7 cm³/mol. The first-order valence-corrected chi connectivity index (χ1v) is 6.28. The zero-order chi connectivity index (χ0) is 11.6. The molecule has 0 atom stereocenters. The fourth-order valence-corrected chi connectivity index (χ4v) is 2.02. The maximum absolute atomic E-state index is 5.37. The molecule has 16 heavy (non-hydrogen) atoms. The quantitative estimate of drug-likeness (QED) is 0.533. The molecule has 1 heterocycles. The van der Waals surface area contributed by atoms with Crippen LogP contribution in [0, 0.1) is 5.92 Å². The largest absolute Gasteiger partial charge is 0.383 e. The van der Waals surface area contributed by atoms with Gasteiger partial charge in [0.25, 0.3) is 0 Å². The van der Waals surface area contributed by atoms with Crippen molar-refractivity contribution in [2.24, 2.45) is 5.92 Å². The van der Waals surface area contributed by atoms with Gasteiger partial charge in [-0.05, 0) is 38.6 Å². The highest BCUT2D eigenvalue weighted by Crippen LogP contribution is 2.22. The molecular formula is C13H25NO2. The summed E-state index contributed by atoms with van der Waals surface area (Å²) in [6.07, 6.45) is 5.88. The molecule has 1 fully saturated rings. The van der Waals surface area contributed by atoms with Crippen LogP contribution < -0.4 is 5.32 Å². The van der Waals surface area contributed by atoms with Gasteiger partial charge in [-0.25, -0.2) is 0 Å². The lowest BCUT2D eigenvalue weighted by molar-refractivity contribution is 0.0757. The van der Waals surface area contributed by atoms with Crippen LogP contribution in [0.3, 0.4) is 0 Å². The summed E-state index contributed by atoms with van der Waals surface area (Å²) in [7, 11) is 1.73. The van der Waals surface area contributed by atoms with E-state index >= 15 is 0 Å². The molecule has 0 aliphatic carbocycles. The minimum atomic E-state index is 0.757. The molecule has 0 aromatic rings. The van der Waals surface area contributed by atoms with Crippen LogP contribution in [-0.4, -0.2) is 40.0 Å². The first kappa shape index (κ1) is 13.7. The third-order valence-electron chi connectivity index (χ3n) is 3.14. The Morgan fingerprint density at radius 3 is 2.81 bits per heavy atom. The van der Waals surface area contributed by atoms with Gasteiger partial charge in [0.15, 0.2) is 0 Å². The Hall–Kier alpha value is -0.380. The molecule has 1 N–H and O–H groups in total. The highest BCUT2D eigenvalue weighted by atomic mass is 16.5. The maximum Gasteiger partial charge on any atom is 0.0587 e. The number of ether oxygens (including phenoxy) is 2. The smallest absolute Gasteiger partial charge is 0.0587 e. The van der Waals surface area contributed by atoms with Gasteiger partial charge in [0.2, 0.25) is 0 Å². The van der Waals surface area contributed by atoms with Gasteiger partial charge in [-0.1, -0.05) is 11.6 Å². The van der Waals surface area contributed by atoms with Crippen LogP contribution in [-0.2, 0) is 9.47 Å². The maximum atomic E-state index is 5.37. The predicted octanol–water partition coefficient (Wildman–Crippen LogP) is 1.99. The van der Waals surface area contributed by atoms with E-state index in [0.29, 0.717) is 0 Å². The third kappa shape index (κ3) is 5.64. The van der Waals surface area contributed by atoms with Crippen LogP contribution in [0.5, 0.6) is 0 Å². The Labute approximate surface area is 99.2 Å². The molecule has 0 unspecified atom stereocenters. The Balaban J connectivity index is 2.07. The highest BCUT2D eigenvalue weighted by Gasteiger charge is 2.14. The van der Waals surface area contributed by atoms with Crippen LogP contribution in [0.15, 0.2) is 11.6 Å². The molecule has 1 aliphatic rings. The lowest BCUT2D eigenvalue weighted by atomic mass is 9.92. The fourth-order valence-electron chi connectivity index (χ4n) is 2.02. The van der Waals surface area contributed by atoms with E-state index in [-0.39, 0.29) is 0 Å². The molecule has 0 spiro atoms. The SMILES string of the molecule is COCCNCCC=C(C)C1CCOCC1. The van der Waals surface area contributed by atoms with Crippen molar-refractivity contribution in [2.45, 2.75) is 26.2 Å². The van der Waals surface area contributed by atoms with Crippen molar-refractivity contribution in [1.29, 1.82) is 0 Å². The number of allylic oxidation sites excluding steroid dienone is 1. The zero-order valence-corrected chi connectivity index (χ0v) is 10.6. The number of hydrogen-bond donors (Lipinski definition) is 1. The minimum absolute atomic E-state index is 0.757. The Morgan fingerprint density at radius 2 is 2.12 bits per heavy atom. The van der Waals surface area contributed by atoms with E-state index in [1.807, 2.05) is 0 Å². The van der Waals surface area contributed by atoms with Gasteiger partial charge in [-0.15, -0.1) is 0 Å². The van der Waals surface area contributed by atoms with E-state index in [1.165, 1.54) is 18.4 Å². The van der Waals surface area contributed by atoms with Gasteiger partial charge in [-0.2, -0.15) is 0 Å². The summed E-state index contributed by atoms with van der Waals surface area (Å²) in [4.78, 5) is 0. The lowest BCUT2D eigenvalue weighted by Crippen LogP contribution is -2.20. The Morgan fingerprint density at radius 1 is 1.38 bits per heavy atom. The number of hydrogen-bond acceptors (Lipinski definition) is 3. The van der Waals surface area contributed by atoms with Crippen molar-refractivity contribution in [1.82, 2.24) is 5.32 Å². The zero-order valence-electron chi connectivity index (χ0n) is 10.6. The molecule has 1 saturated heterocycles. The van der Waals surface area contributed by atoms with E-state index in [0.717, 1.165) is 45.2 Å². The molecule has 0 aromatic carbocycles. The van der Waals surface area contributed by atoms with Gasteiger partial charge < -0.3 is 14.8 Å². The second-order valence-corrected chi connectivity index (χ2v) is 4.37. The number of nitrogens with one attached hydrogen (secondary N) is 1. The van der Waals surface area contributed by atoms with Gasteiger partial charge >= 0.3 is 0 Å². The van der Waals surface area contributed by atoms with Crippen LogP contribution in [0.1, 0.15) is 26.2 Å². The molecule has 0 bridgehead atoms. The second-order valence-electron chi connectivity index (χ2n) is 4.37. The Bertz CT molecular complexity index is 198. The van der Waals surface area contributed by atoms with E-state index in [4.69, 9.17) is 9.47 Å². The summed E-state index contributed by atoms with van der Waals surface area (Å²) in [5.74, 6) is 0.757. The summed E-state index contributed by atoms with van der Waals surface area (Å²) >= 11 is 0. The first-order valence-electron chi connectivity index (χ1n) is 6.28. The molecule has 3 nitrogen and oxygen atoms in total. The van der Waals surface area contributed by atoms with Crippen molar-refractivity contribution < 1.29 is 9.47 Å². The van der Waals surface area contributed by atoms with Crippen LogP contribution >= 0.6 is 0 Å². The van der Waals surface area contributed by atoms with E-state index in [9.17, 15) is 0 Å². The van der Waals surface area contributed by atoms with E-state index in [2.05, 4.69) is 18.3 Å². The van der Waals surface area contributed by atoms with Crippen molar-refractivity contribution in [3.05, 3.63) is 11.6 Å². The summed E-state index contributed by atoms with van der Waals surface area (Å²) < 4.78 is 10.3. The third-order valence-corrected chi connectivity index (χ3v) is 3.14. The molecule has 1 rings (SSSR count). The monoisotopic (exact) mass is 227 g/mol. The fraction of sp³-hybridized carbons (Fsp3) is 0.846. The number of rotatable bonds is 7. The van der Waals surface area contributed by atoms with Crippen molar-refractivity contribution >= 4 is 0 Å². The van der Waals surface area contributed by atoms with Crippen molar-refractivity contribution in [3.8, 4) is 0 Å². The standard InChI is InChI=1S/C13H25NO2/c1-12(13-5-9-16-10-6-13)4-3-7-14-8-11-15-2/h4,13-14H,3,5-11H2,1-2H3. The average molecular weight is 227 g/mol. The minimum Gasteiger partial charge on any atom is -0.383 e. The van der Waals surface area contributed by atoms with E-state index < -0.39 is 0 Å². The molecule has 3 heteroatoms. The summed E-state index contributed by atoms with van der Waals surface area (Å²) in [5, 5.41) is 3.35. The summed E-state index contributed by atoms with van der Waals surface area (Å²) in [6.45, 7) is 6.91. The Kier molecular flexibility index (Phi) is 7.47. The van der Waals surface area contributed by atoms with Gasteiger partial charge in [0.1, 0.15) is 0 Å². The van der Waals surface area contributed by atoms with E-state index in [1.54, 1.807) is 7.11 Å². The second kappa shape index (κ2) is 8.74. The van der Waals surface area contributed by atoms with Gasteiger partial charge in [-0.3, -0.25) is 0 Å². The number of methoxy groups -OCH3 is 1.